The number of ether oxygens (including phenoxy) is 3. The summed E-state index contributed by atoms with van der Waals surface area (Å²) in [4.78, 5) is 0. The number of hydrogen-bond acceptors (Lipinski definition) is 4. The van der Waals surface area contributed by atoms with Crippen LogP contribution in [-0.4, -0.2) is 32.5 Å². The molecule has 0 radical (unpaired) electrons. The van der Waals surface area contributed by atoms with E-state index in [1.807, 2.05) is 6.07 Å². The molecular formula is C14H22O4. The number of hydrogen-bond donors (Lipinski definition) is 1. The van der Waals surface area contributed by atoms with Crippen molar-refractivity contribution in [3.63, 3.8) is 0 Å². The monoisotopic (exact) mass is 254 g/mol. The van der Waals surface area contributed by atoms with Gasteiger partial charge >= 0.3 is 0 Å². The van der Waals surface area contributed by atoms with Crippen LogP contribution < -0.4 is 9.47 Å². The number of methoxy groups -OCH3 is 2. The summed E-state index contributed by atoms with van der Waals surface area (Å²) >= 11 is 0. The second kappa shape index (κ2) is 7.95. The number of rotatable bonds is 8. The highest BCUT2D eigenvalue weighted by Crippen LogP contribution is 2.30. The van der Waals surface area contributed by atoms with Gasteiger partial charge in [-0.1, -0.05) is 13.0 Å². The summed E-state index contributed by atoms with van der Waals surface area (Å²) < 4.78 is 15.7. The van der Waals surface area contributed by atoms with Crippen LogP contribution >= 0.6 is 0 Å². The van der Waals surface area contributed by atoms with Crippen molar-refractivity contribution in [2.75, 3.05) is 27.4 Å². The molecule has 4 heteroatoms. The van der Waals surface area contributed by atoms with Gasteiger partial charge in [0.25, 0.3) is 0 Å². The summed E-state index contributed by atoms with van der Waals surface area (Å²) in [6.45, 7) is 3.35. The molecule has 1 unspecified atom stereocenters. The highest BCUT2D eigenvalue weighted by atomic mass is 16.5. The van der Waals surface area contributed by atoms with Crippen LogP contribution in [0.3, 0.4) is 0 Å². The number of aliphatic hydroxyl groups excluding tert-OH is 1. The third-order valence-corrected chi connectivity index (χ3v) is 2.68. The minimum Gasteiger partial charge on any atom is -0.493 e. The van der Waals surface area contributed by atoms with Crippen molar-refractivity contribution in [2.24, 2.45) is 0 Å². The van der Waals surface area contributed by atoms with Crippen molar-refractivity contribution >= 4 is 0 Å². The van der Waals surface area contributed by atoms with Crippen LogP contribution in [0.5, 0.6) is 11.5 Å². The van der Waals surface area contributed by atoms with Gasteiger partial charge in [-0.25, -0.2) is 0 Å². The average molecular weight is 254 g/mol. The van der Waals surface area contributed by atoms with E-state index in [4.69, 9.17) is 14.2 Å². The number of benzene rings is 1. The molecule has 0 aromatic heterocycles. The zero-order chi connectivity index (χ0) is 13.4. The van der Waals surface area contributed by atoms with Crippen molar-refractivity contribution in [3.05, 3.63) is 23.8 Å². The van der Waals surface area contributed by atoms with Gasteiger partial charge in [-0.2, -0.15) is 0 Å². The highest BCUT2D eigenvalue weighted by molar-refractivity contribution is 5.43. The zero-order valence-corrected chi connectivity index (χ0v) is 11.3. The third kappa shape index (κ3) is 4.20. The average Bonchev–Trinajstić information content (AvgIpc) is 2.42. The van der Waals surface area contributed by atoms with E-state index in [0.29, 0.717) is 24.5 Å². The van der Waals surface area contributed by atoms with Gasteiger partial charge in [0.15, 0.2) is 11.5 Å². The van der Waals surface area contributed by atoms with Crippen molar-refractivity contribution in [3.8, 4) is 11.5 Å². The summed E-state index contributed by atoms with van der Waals surface area (Å²) in [6, 6.07) is 5.43. The molecule has 0 aliphatic carbocycles. The predicted molar refractivity (Wildman–Crippen MR) is 70.2 cm³/mol. The molecule has 1 atom stereocenters. The van der Waals surface area contributed by atoms with Crippen molar-refractivity contribution in [2.45, 2.75) is 25.9 Å². The quantitative estimate of drug-likeness (QED) is 0.724. The van der Waals surface area contributed by atoms with Crippen molar-refractivity contribution < 1.29 is 19.3 Å². The minimum absolute atomic E-state index is 0.540. The SMILES string of the molecule is CCCOCCC(O)c1ccc(OC)c(OC)c1. The van der Waals surface area contributed by atoms with Gasteiger partial charge in [-0.15, -0.1) is 0 Å². The molecule has 4 nitrogen and oxygen atoms in total. The lowest BCUT2D eigenvalue weighted by atomic mass is 10.1. The smallest absolute Gasteiger partial charge is 0.161 e. The molecule has 0 spiro atoms. The molecule has 1 aromatic rings. The number of aliphatic hydroxyl groups is 1. The Labute approximate surface area is 108 Å². The molecule has 0 amide bonds. The minimum atomic E-state index is -0.540. The molecular weight excluding hydrogens is 232 g/mol. The summed E-state index contributed by atoms with van der Waals surface area (Å²) in [5, 5.41) is 10.0. The van der Waals surface area contributed by atoms with Crippen molar-refractivity contribution in [1.82, 2.24) is 0 Å². The van der Waals surface area contributed by atoms with Gasteiger partial charge in [0.2, 0.25) is 0 Å². The fourth-order valence-corrected chi connectivity index (χ4v) is 1.67. The highest BCUT2D eigenvalue weighted by Gasteiger charge is 2.11. The molecule has 0 aliphatic rings. The molecule has 0 saturated carbocycles. The maximum Gasteiger partial charge on any atom is 0.161 e. The van der Waals surface area contributed by atoms with Crippen LogP contribution in [0, 0.1) is 0 Å². The molecule has 0 aliphatic heterocycles. The third-order valence-electron chi connectivity index (χ3n) is 2.68. The van der Waals surface area contributed by atoms with E-state index in [9.17, 15) is 5.11 Å². The summed E-state index contributed by atoms with van der Waals surface area (Å²) in [7, 11) is 3.17. The Hall–Kier alpha value is -1.26. The Morgan fingerprint density at radius 2 is 1.83 bits per heavy atom. The molecule has 1 N–H and O–H groups in total. The molecule has 0 fully saturated rings. The first-order valence-electron chi connectivity index (χ1n) is 6.20. The van der Waals surface area contributed by atoms with Gasteiger partial charge in [-0.3, -0.25) is 0 Å². The summed E-state index contributed by atoms with van der Waals surface area (Å²) in [5.74, 6) is 1.29. The normalized spacial score (nSPS) is 12.2. The largest absolute Gasteiger partial charge is 0.493 e. The van der Waals surface area contributed by atoms with Crippen LogP contribution in [0.4, 0.5) is 0 Å². The van der Waals surface area contributed by atoms with E-state index in [1.54, 1.807) is 26.4 Å². The van der Waals surface area contributed by atoms with Crippen LogP contribution in [0.15, 0.2) is 18.2 Å². The maximum absolute atomic E-state index is 10.0. The first-order chi connectivity index (χ1) is 8.72. The standard InChI is InChI=1S/C14H22O4/c1-4-8-18-9-7-12(15)11-5-6-13(16-2)14(10-11)17-3/h5-6,10,12,15H,4,7-9H2,1-3H3. The van der Waals surface area contributed by atoms with E-state index < -0.39 is 6.10 Å². The first-order valence-corrected chi connectivity index (χ1v) is 6.20. The zero-order valence-electron chi connectivity index (χ0n) is 11.3. The molecule has 1 aromatic carbocycles. The lowest BCUT2D eigenvalue weighted by Crippen LogP contribution is -2.04. The predicted octanol–water partition coefficient (Wildman–Crippen LogP) is 2.55. The maximum atomic E-state index is 10.0. The van der Waals surface area contributed by atoms with Crippen LogP contribution in [0.2, 0.25) is 0 Å². The molecule has 102 valence electrons. The lowest BCUT2D eigenvalue weighted by molar-refractivity contribution is 0.0821. The van der Waals surface area contributed by atoms with Crippen LogP contribution in [0.1, 0.15) is 31.4 Å². The topological polar surface area (TPSA) is 47.9 Å². The Kier molecular flexibility index (Phi) is 6.54. The van der Waals surface area contributed by atoms with E-state index in [-0.39, 0.29) is 0 Å². The van der Waals surface area contributed by atoms with Crippen molar-refractivity contribution in [1.29, 1.82) is 0 Å². The van der Waals surface area contributed by atoms with Crippen LogP contribution in [-0.2, 0) is 4.74 Å². The summed E-state index contributed by atoms with van der Waals surface area (Å²) in [6.07, 6.45) is 1.03. The van der Waals surface area contributed by atoms with Gasteiger partial charge in [0.05, 0.1) is 20.3 Å². The van der Waals surface area contributed by atoms with Crippen LogP contribution in [0.25, 0.3) is 0 Å². The molecule has 18 heavy (non-hydrogen) atoms. The Morgan fingerprint density at radius 1 is 1.11 bits per heavy atom. The second-order valence-electron chi connectivity index (χ2n) is 4.03. The molecule has 1 rings (SSSR count). The van der Waals surface area contributed by atoms with E-state index in [1.165, 1.54) is 0 Å². The fourth-order valence-electron chi connectivity index (χ4n) is 1.67. The Bertz CT molecular complexity index is 352. The fraction of sp³-hybridized carbons (Fsp3) is 0.571. The summed E-state index contributed by atoms with van der Waals surface area (Å²) in [5.41, 5.74) is 0.813. The Balaban J connectivity index is 2.59. The van der Waals surface area contributed by atoms with E-state index in [0.717, 1.165) is 18.6 Å². The first kappa shape index (κ1) is 14.8. The van der Waals surface area contributed by atoms with Gasteiger partial charge in [0.1, 0.15) is 0 Å². The van der Waals surface area contributed by atoms with Gasteiger partial charge < -0.3 is 19.3 Å². The molecule has 0 heterocycles. The molecule has 0 saturated heterocycles. The lowest BCUT2D eigenvalue weighted by Gasteiger charge is -2.14. The molecule has 0 bridgehead atoms. The van der Waals surface area contributed by atoms with E-state index in [2.05, 4.69) is 6.92 Å². The van der Waals surface area contributed by atoms with Gasteiger partial charge in [-0.05, 0) is 24.1 Å². The second-order valence-corrected chi connectivity index (χ2v) is 4.03. The van der Waals surface area contributed by atoms with Gasteiger partial charge in [0, 0.05) is 19.6 Å². The Morgan fingerprint density at radius 3 is 2.44 bits per heavy atom. The van der Waals surface area contributed by atoms with E-state index >= 15 is 0 Å².